The van der Waals surface area contributed by atoms with Gasteiger partial charge in [0.2, 0.25) is 0 Å². The van der Waals surface area contributed by atoms with E-state index in [1.807, 2.05) is 18.2 Å². The zero-order valence-corrected chi connectivity index (χ0v) is 20.9. The zero-order valence-electron chi connectivity index (χ0n) is 20.9. The zero-order chi connectivity index (χ0) is 23.7. The van der Waals surface area contributed by atoms with Gasteiger partial charge in [-0.15, -0.1) is 0 Å². The molecule has 2 N–H and O–H groups in total. The summed E-state index contributed by atoms with van der Waals surface area (Å²) < 4.78 is 12.4. The average Bonchev–Trinajstić information content (AvgIpc) is 3.58. The topological polar surface area (TPSA) is 66.1 Å². The van der Waals surface area contributed by atoms with Crippen LogP contribution in [0, 0.1) is 16.7 Å². The molecule has 5 heteroatoms. The van der Waals surface area contributed by atoms with Crippen LogP contribution in [0.3, 0.4) is 0 Å². The highest BCUT2D eigenvalue weighted by atomic mass is 16.5. The summed E-state index contributed by atoms with van der Waals surface area (Å²) >= 11 is 0. The molecule has 1 aromatic heterocycles. The fourth-order valence-electron chi connectivity index (χ4n) is 8.74. The number of fused-ring (bicyclic) bond motifs is 5. The average molecular weight is 468 g/mol. The van der Waals surface area contributed by atoms with Gasteiger partial charge in [-0.3, -0.25) is 0 Å². The van der Waals surface area contributed by atoms with Gasteiger partial charge in [-0.05, 0) is 82.0 Å². The van der Waals surface area contributed by atoms with Crippen LogP contribution in [0.5, 0.6) is 0 Å². The lowest BCUT2D eigenvalue weighted by molar-refractivity contribution is -0.295. The Bertz CT molecular complexity index is 980. The second-order valence-electron chi connectivity index (χ2n) is 12.1. The summed E-state index contributed by atoms with van der Waals surface area (Å²) in [5.74, 6) is 0.230. The lowest BCUT2D eigenvalue weighted by Gasteiger charge is -2.67. The van der Waals surface area contributed by atoms with Gasteiger partial charge in [0, 0.05) is 23.4 Å². The van der Waals surface area contributed by atoms with Crippen molar-refractivity contribution in [1.29, 1.82) is 0 Å². The molecular weight excluding hydrogens is 426 g/mol. The number of hydrogen-bond acceptors (Lipinski definition) is 5. The van der Waals surface area contributed by atoms with Gasteiger partial charge in [-0.1, -0.05) is 38.0 Å². The minimum atomic E-state index is -1.29. The van der Waals surface area contributed by atoms with Crippen LogP contribution in [0.1, 0.15) is 77.2 Å². The Morgan fingerprint density at radius 2 is 1.91 bits per heavy atom. The van der Waals surface area contributed by atoms with Crippen molar-refractivity contribution in [3.63, 3.8) is 0 Å². The van der Waals surface area contributed by atoms with Crippen molar-refractivity contribution < 1.29 is 19.4 Å². The Morgan fingerprint density at radius 1 is 1.09 bits per heavy atom. The first-order chi connectivity index (χ1) is 16.3. The summed E-state index contributed by atoms with van der Waals surface area (Å²) in [7, 11) is 0. The smallest absolute Gasteiger partial charge is 0.121 e. The van der Waals surface area contributed by atoms with Gasteiger partial charge >= 0.3 is 0 Å². The van der Waals surface area contributed by atoms with E-state index in [9.17, 15) is 10.2 Å². The fourth-order valence-corrected chi connectivity index (χ4v) is 8.74. The van der Waals surface area contributed by atoms with E-state index >= 15 is 0 Å². The van der Waals surface area contributed by atoms with Crippen LogP contribution < -0.4 is 0 Å². The van der Waals surface area contributed by atoms with Crippen molar-refractivity contribution in [2.75, 3.05) is 26.2 Å². The third-order valence-corrected chi connectivity index (χ3v) is 10.9. The predicted molar refractivity (Wildman–Crippen MR) is 131 cm³/mol. The summed E-state index contributed by atoms with van der Waals surface area (Å²) in [6, 6.07) is 1.83. The maximum Gasteiger partial charge on any atom is 0.121 e. The van der Waals surface area contributed by atoms with Crippen LogP contribution >= 0.6 is 0 Å². The number of nitrogens with zero attached hydrogens (tertiary/aromatic N) is 1. The van der Waals surface area contributed by atoms with E-state index in [2.05, 4.69) is 24.8 Å². The van der Waals surface area contributed by atoms with E-state index in [1.165, 1.54) is 32.1 Å². The molecule has 0 spiro atoms. The first-order valence-electron chi connectivity index (χ1n) is 13.5. The molecular formula is C29H41NO4. The van der Waals surface area contributed by atoms with Gasteiger partial charge in [-0.25, -0.2) is 0 Å². The molecule has 2 heterocycles. The number of hydrogen-bond donors (Lipinski definition) is 2. The Balaban J connectivity index is 1.43. The number of aliphatic hydroxyl groups is 2. The van der Waals surface area contributed by atoms with E-state index in [-0.39, 0.29) is 11.3 Å². The number of likely N-dealkylation sites (tertiary alicyclic amines) is 1. The molecule has 5 nitrogen and oxygen atoms in total. The molecule has 0 unspecified atom stereocenters. The molecule has 1 aromatic rings. The van der Waals surface area contributed by atoms with Gasteiger partial charge in [0.25, 0.3) is 0 Å². The normalized spacial score (nSPS) is 46.1. The molecule has 0 amide bonds. The van der Waals surface area contributed by atoms with Crippen LogP contribution in [0.2, 0.25) is 0 Å². The summed E-state index contributed by atoms with van der Waals surface area (Å²) in [4.78, 5) is 2.48. The minimum absolute atomic E-state index is 0.0470. The summed E-state index contributed by atoms with van der Waals surface area (Å²) in [6.07, 6.45) is 19.1. The standard InChI is InChI=1S/C29H41NO4/c1-25-11-4-3-7-22(25)8-13-28(34-20-18-30-16-5-6-17-30)24(25)9-12-26(2)27(31,14-15-29(26,28)32)23-10-19-33-21-23/h8,10,14-15,19,21,24,31-32H,3-7,9,11-13,16-18,20H2,1-2H3/t24-,25+,26-,27+,28+,29-/m1/s1. The second kappa shape index (κ2) is 7.80. The maximum absolute atomic E-state index is 12.8. The molecule has 34 heavy (non-hydrogen) atoms. The first kappa shape index (κ1) is 23.0. The lowest BCUT2D eigenvalue weighted by Crippen LogP contribution is -2.74. The Kier molecular flexibility index (Phi) is 5.28. The third-order valence-electron chi connectivity index (χ3n) is 10.9. The van der Waals surface area contributed by atoms with E-state index in [1.54, 1.807) is 18.1 Å². The maximum atomic E-state index is 12.8. The second-order valence-corrected chi connectivity index (χ2v) is 12.1. The number of furan rings is 1. The molecule has 0 aromatic carbocycles. The van der Waals surface area contributed by atoms with E-state index in [0.29, 0.717) is 18.6 Å². The molecule has 3 fully saturated rings. The summed E-state index contributed by atoms with van der Waals surface area (Å²) in [6.45, 7) is 8.29. The fraction of sp³-hybridized carbons (Fsp3) is 0.724. The van der Waals surface area contributed by atoms with Crippen LogP contribution in [0.4, 0.5) is 0 Å². The van der Waals surface area contributed by atoms with Gasteiger partial charge in [0.1, 0.15) is 16.8 Å². The molecule has 0 bridgehead atoms. The van der Waals surface area contributed by atoms with Crippen molar-refractivity contribution in [2.45, 2.75) is 88.4 Å². The van der Waals surface area contributed by atoms with Gasteiger partial charge in [-0.2, -0.15) is 0 Å². The largest absolute Gasteiger partial charge is 0.472 e. The highest BCUT2D eigenvalue weighted by Crippen LogP contribution is 2.71. The molecule has 5 aliphatic rings. The van der Waals surface area contributed by atoms with E-state index in [4.69, 9.17) is 9.15 Å². The molecule has 186 valence electrons. The van der Waals surface area contributed by atoms with Crippen LogP contribution in [0.25, 0.3) is 0 Å². The van der Waals surface area contributed by atoms with Crippen molar-refractivity contribution in [3.05, 3.63) is 48.0 Å². The quantitative estimate of drug-likeness (QED) is 0.600. The lowest BCUT2D eigenvalue weighted by atomic mass is 9.43. The monoisotopic (exact) mass is 467 g/mol. The van der Waals surface area contributed by atoms with Crippen molar-refractivity contribution in [3.8, 4) is 0 Å². The highest BCUT2D eigenvalue weighted by molar-refractivity contribution is 5.45. The van der Waals surface area contributed by atoms with Crippen molar-refractivity contribution in [2.24, 2.45) is 16.7 Å². The number of rotatable bonds is 5. The van der Waals surface area contributed by atoms with Crippen molar-refractivity contribution >= 4 is 0 Å². The van der Waals surface area contributed by atoms with Gasteiger partial charge in [0.05, 0.1) is 19.1 Å². The first-order valence-corrected chi connectivity index (χ1v) is 13.5. The van der Waals surface area contributed by atoms with E-state index < -0.39 is 22.2 Å². The Hall–Kier alpha value is -1.40. The molecule has 6 rings (SSSR count). The summed E-state index contributed by atoms with van der Waals surface area (Å²) in [5.41, 5.74) is -1.79. The SMILES string of the molecule is C[C@]12CC[C@@H]3[C@@]4(C)CCCCC4=CC[C@@]3(OCCN3CCCC3)[C@@]1(O)C=C[C@]2(O)c1ccoc1. The van der Waals surface area contributed by atoms with E-state index in [0.717, 1.165) is 38.9 Å². The highest BCUT2D eigenvalue weighted by Gasteiger charge is 2.76. The van der Waals surface area contributed by atoms with Crippen molar-refractivity contribution in [1.82, 2.24) is 4.90 Å². The molecule has 1 saturated heterocycles. The Morgan fingerprint density at radius 3 is 2.68 bits per heavy atom. The van der Waals surface area contributed by atoms with Crippen LogP contribution in [0.15, 0.2) is 46.8 Å². The predicted octanol–water partition coefficient (Wildman–Crippen LogP) is 4.95. The van der Waals surface area contributed by atoms with Crippen LogP contribution in [-0.4, -0.2) is 52.6 Å². The Labute approximate surface area is 203 Å². The molecule has 0 radical (unpaired) electrons. The number of allylic oxidation sites excluding steroid dienone is 1. The number of ether oxygens (including phenoxy) is 1. The molecule has 4 aliphatic carbocycles. The van der Waals surface area contributed by atoms with Gasteiger partial charge in [0.15, 0.2) is 0 Å². The molecule has 6 atom stereocenters. The third kappa shape index (κ3) is 2.81. The van der Waals surface area contributed by atoms with Crippen LogP contribution in [-0.2, 0) is 10.3 Å². The van der Waals surface area contributed by atoms with Gasteiger partial charge < -0.3 is 24.3 Å². The minimum Gasteiger partial charge on any atom is -0.472 e. The molecule has 2 saturated carbocycles. The molecule has 1 aliphatic heterocycles. The summed E-state index contributed by atoms with van der Waals surface area (Å²) in [5, 5.41) is 24.9.